The Balaban J connectivity index is 2.49. The van der Waals surface area contributed by atoms with Gasteiger partial charge in [-0.05, 0) is 6.42 Å². The Kier molecular flexibility index (Phi) is 2.22. The minimum Gasteiger partial charge on any atom is -0.242 e. The summed E-state index contributed by atoms with van der Waals surface area (Å²) >= 11 is 1.44. The van der Waals surface area contributed by atoms with Crippen molar-refractivity contribution < 1.29 is 4.39 Å². The molecule has 2 atom stereocenters. The molecule has 0 aromatic heterocycles. The zero-order valence-electron chi connectivity index (χ0n) is 5.30. The van der Waals surface area contributed by atoms with Crippen LogP contribution in [0.15, 0.2) is 10.9 Å². The maximum absolute atomic E-state index is 12.7. The van der Waals surface area contributed by atoms with Crippen molar-refractivity contribution in [3.63, 3.8) is 0 Å². The average Bonchev–Trinajstić information content (AvgIpc) is 2.10. The number of hydrogen-bond acceptors (Lipinski definition) is 1. The lowest BCUT2D eigenvalue weighted by Crippen LogP contribution is -2.09. The van der Waals surface area contributed by atoms with Crippen molar-refractivity contribution in [1.82, 2.24) is 0 Å². The van der Waals surface area contributed by atoms with E-state index in [2.05, 4.69) is 0 Å². The summed E-state index contributed by atoms with van der Waals surface area (Å²) in [5.41, 5.74) is 0. The lowest BCUT2D eigenvalue weighted by molar-refractivity contribution is 0.389. The first kappa shape index (κ1) is 7.20. The third-order valence-corrected chi connectivity index (χ3v) is 2.67. The monoisotopic (exact) mass is 142 g/mol. The van der Waals surface area contributed by atoms with Gasteiger partial charge in [0, 0.05) is 5.25 Å². The third kappa shape index (κ3) is 1.51. The molecule has 1 aliphatic rings. The number of alkyl halides is 1. The van der Waals surface area contributed by atoms with Crippen molar-refractivity contribution >= 4 is 19.6 Å². The Morgan fingerprint density at radius 3 is 2.78 bits per heavy atom. The van der Waals surface area contributed by atoms with Gasteiger partial charge in [-0.1, -0.05) is 17.8 Å². The van der Waals surface area contributed by atoms with Crippen LogP contribution in [0.2, 0.25) is 0 Å². The van der Waals surface area contributed by atoms with E-state index in [1.807, 2.05) is 6.92 Å². The molecule has 0 amide bonds. The van der Waals surface area contributed by atoms with E-state index in [1.54, 1.807) is 0 Å². The van der Waals surface area contributed by atoms with E-state index in [0.717, 1.165) is 6.42 Å². The molecular formula is C6H8BFS. The van der Waals surface area contributed by atoms with Gasteiger partial charge in [-0.25, -0.2) is 4.39 Å². The maximum atomic E-state index is 12.7. The van der Waals surface area contributed by atoms with Gasteiger partial charge in [0.15, 0.2) is 0 Å². The molecule has 1 aliphatic heterocycles. The second-order valence-corrected chi connectivity index (χ2v) is 3.39. The van der Waals surface area contributed by atoms with E-state index in [1.165, 1.54) is 17.8 Å². The van der Waals surface area contributed by atoms with Crippen molar-refractivity contribution in [3.05, 3.63) is 10.9 Å². The molecule has 2 unspecified atom stereocenters. The summed E-state index contributed by atoms with van der Waals surface area (Å²) in [6, 6.07) is 0. The summed E-state index contributed by atoms with van der Waals surface area (Å²) < 4.78 is 12.7. The average molecular weight is 142 g/mol. The van der Waals surface area contributed by atoms with Crippen LogP contribution < -0.4 is 0 Å². The van der Waals surface area contributed by atoms with Crippen LogP contribution in [0, 0.1) is 0 Å². The van der Waals surface area contributed by atoms with E-state index in [4.69, 9.17) is 7.85 Å². The number of halogens is 1. The molecule has 0 aliphatic carbocycles. The predicted octanol–water partition coefficient (Wildman–Crippen LogP) is 1.86. The highest BCUT2D eigenvalue weighted by Crippen LogP contribution is 2.33. The molecule has 1 rings (SSSR count). The lowest BCUT2D eigenvalue weighted by atomic mass is 10.1. The highest BCUT2D eigenvalue weighted by molar-refractivity contribution is 8.05. The Hall–Kier alpha value is 0.0849. The Bertz CT molecular complexity index is 135. The second kappa shape index (κ2) is 2.78. The summed E-state index contributed by atoms with van der Waals surface area (Å²) in [7, 11) is 5.38. The molecule has 3 heteroatoms. The van der Waals surface area contributed by atoms with E-state index >= 15 is 0 Å². The van der Waals surface area contributed by atoms with Crippen molar-refractivity contribution in [1.29, 1.82) is 0 Å². The summed E-state index contributed by atoms with van der Waals surface area (Å²) in [5, 5.41) is 0.0741. The summed E-state index contributed by atoms with van der Waals surface area (Å²) in [6.45, 7) is 1.97. The van der Waals surface area contributed by atoms with Gasteiger partial charge in [0.25, 0.3) is 0 Å². The lowest BCUT2D eigenvalue weighted by Gasteiger charge is -2.07. The predicted molar refractivity (Wildman–Crippen MR) is 40.4 cm³/mol. The summed E-state index contributed by atoms with van der Waals surface area (Å²) in [6.07, 6.45) is 1.52. The zero-order chi connectivity index (χ0) is 6.85. The molecule has 9 heavy (non-hydrogen) atoms. The van der Waals surface area contributed by atoms with Crippen LogP contribution >= 0.6 is 11.8 Å². The van der Waals surface area contributed by atoms with Gasteiger partial charge in [-0.15, -0.1) is 11.8 Å². The van der Waals surface area contributed by atoms with Gasteiger partial charge >= 0.3 is 0 Å². The van der Waals surface area contributed by atoms with E-state index < -0.39 is 6.17 Å². The summed E-state index contributed by atoms with van der Waals surface area (Å²) in [4.78, 5) is 0.634. The maximum Gasteiger partial charge on any atom is 0.131 e. The highest BCUT2D eigenvalue weighted by Gasteiger charge is 2.23. The first-order valence-electron chi connectivity index (χ1n) is 3.02. The molecule has 0 saturated carbocycles. The number of allylic oxidation sites excluding steroid dienone is 1. The van der Waals surface area contributed by atoms with Crippen LogP contribution in [0.5, 0.6) is 0 Å². The van der Waals surface area contributed by atoms with E-state index in [0.29, 0.717) is 4.80 Å². The standard InChI is InChI=1S/C6H8BFS/c1-2-5-4(8)3-6(7)9-5/h3-5H,2H2,1H3. The van der Waals surface area contributed by atoms with Crippen LogP contribution in [-0.2, 0) is 0 Å². The molecule has 0 aromatic rings. The first-order valence-corrected chi connectivity index (χ1v) is 3.90. The fourth-order valence-corrected chi connectivity index (χ4v) is 1.79. The number of hydrogen-bond donors (Lipinski definition) is 0. The molecule has 0 aromatic carbocycles. The molecule has 0 N–H and O–H groups in total. The quantitative estimate of drug-likeness (QED) is 0.503. The van der Waals surface area contributed by atoms with Crippen LogP contribution in [0.1, 0.15) is 13.3 Å². The molecule has 0 bridgehead atoms. The van der Waals surface area contributed by atoms with Gasteiger partial charge < -0.3 is 0 Å². The molecule has 0 spiro atoms. The van der Waals surface area contributed by atoms with Crippen molar-refractivity contribution in [2.75, 3.05) is 0 Å². The van der Waals surface area contributed by atoms with Crippen LogP contribution in [0.4, 0.5) is 4.39 Å². The SMILES string of the molecule is [B]C1=CC(F)C(CC)S1. The molecule has 0 nitrogen and oxygen atoms in total. The van der Waals surface area contributed by atoms with Crippen molar-refractivity contribution in [2.45, 2.75) is 24.8 Å². The number of rotatable bonds is 1. The van der Waals surface area contributed by atoms with Crippen molar-refractivity contribution in [3.8, 4) is 0 Å². The topological polar surface area (TPSA) is 0 Å². The molecular weight excluding hydrogens is 134 g/mol. The Morgan fingerprint density at radius 1 is 1.89 bits per heavy atom. The molecule has 1 heterocycles. The van der Waals surface area contributed by atoms with E-state index in [-0.39, 0.29) is 5.25 Å². The van der Waals surface area contributed by atoms with E-state index in [9.17, 15) is 4.39 Å². The number of thioether (sulfide) groups is 1. The minimum atomic E-state index is -0.819. The fourth-order valence-electron chi connectivity index (χ4n) is 0.852. The van der Waals surface area contributed by atoms with Crippen LogP contribution in [0.25, 0.3) is 0 Å². The van der Waals surface area contributed by atoms with Gasteiger partial charge in [0.05, 0.1) is 0 Å². The van der Waals surface area contributed by atoms with Gasteiger partial charge in [-0.2, -0.15) is 0 Å². The van der Waals surface area contributed by atoms with Crippen LogP contribution in [-0.4, -0.2) is 19.3 Å². The zero-order valence-corrected chi connectivity index (χ0v) is 6.12. The van der Waals surface area contributed by atoms with Crippen LogP contribution in [0.3, 0.4) is 0 Å². The second-order valence-electron chi connectivity index (χ2n) is 2.08. The largest absolute Gasteiger partial charge is 0.242 e. The Morgan fingerprint density at radius 2 is 2.56 bits per heavy atom. The minimum absolute atomic E-state index is 0.0741. The third-order valence-electron chi connectivity index (χ3n) is 1.37. The summed E-state index contributed by atoms with van der Waals surface area (Å²) in [5.74, 6) is 0. The smallest absolute Gasteiger partial charge is 0.131 e. The van der Waals surface area contributed by atoms with Gasteiger partial charge in [0.2, 0.25) is 0 Å². The molecule has 48 valence electrons. The van der Waals surface area contributed by atoms with Gasteiger partial charge in [0.1, 0.15) is 14.0 Å². The van der Waals surface area contributed by atoms with Crippen molar-refractivity contribution in [2.24, 2.45) is 0 Å². The molecule has 0 fully saturated rings. The molecule has 0 saturated heterocycles. The fraction of sp³-hybridized carbons (Fsp3) is 0.667. The first-order chi connectivity index (χ1) is 4.24. The highest BCUT2D eigenvalue weighted by atomic mass is 32.2. The van der Waals surface area contributed by atoms with Gasteiger partial charge in [-0.3, -0.25) is 0 Å². The Labute approximate surface area is 60.3 Å². The molecule has 2 radical (unpaired) electrons. The normalized spacial score (nSPS) is 34.7.